The average Bonchev–Trinajstić information content (AvgIpc) is 3.20. The molecule has 2 aromatic heterocycles. The fourth-order valence-corrected chi connectivity index (χ4v) is 3.26. The van der Waals surface area contributed by atoms with Crippen LogP contribution >= 0.6 is 11.5 Å². The molecule has 2 heterocycles. The first kappa shape index (κ1) is 18.8. The minimum absolute atomic E-state index is 0.151. The van der Waals surface area contributed by atoms with Crippen LogP contribution in [0, 0.1) is 0 Å². The van der Waals surface area contributed by atoms with Gasteiger partial charge in [0.1, 0.15) is 5.75 Å². The Morgan fingerprint density at radius 1 is 0.966 bits per heavy atom. The number of hydrogen-bond donors (Lipinski definition) is 1. The van der Waals surface area contributed by atoms with E-state index in [0.29, 0.717) is 29.5 Å². The molecule has 0 aliphatic heterocycles. The largest absolute Gasteiger partial charge is 0.430 e. The smallest absolute Gasteiger partial charge is 0.298 e. The molecular weight excluding hydrogens is 384 g/mol. The standard InChI is InChI=1S/C22H18N4O2S/c27-21(24-15-17-7-4-12-23-14-17)18-8-10-19(11-9-18)28-22-25-20(26-29-22)13-16-5-2-1-3-6-16/h1-12,14H,13,15H2,(H,24,27). The topological polar surface area (TPSA) is 77.0 Å². The fraction of sp³-hybridized carbons (Fsp3) is 0.0909. The van der Waals surface area contributed by atoms with E-state index in [1.807, 2.05) is 42.5 Å². The van der Waals surface area contributed by atoms with Crippen LogP contribution in [0.5, 0.6) is 10.9 Å². The van der Waals surface area contributed by atoms with Crippen LogP contribution in [0.1, 0.15) is 27.3 Å². The molecule has 6 nitrogen and oxygen atoms in total. The predicted molar refractivity (Wildman–Crippen MR) is 111 cm³/mol. The SMILES string of the molecule is O=C(NCc1cccnc1)c1ccc(Oc2nc(Cc3ccccc3)ns2)cc1. The Hall–Kier alpha value is -3.58. The molecular formula is C22H18N4O2S. The van der Waals surface area contributed by atoms with Gasteiger partial charge >= 0.3 is 0 Å². The third-order valence-corrected chi connectivity index (χ3v) is 4.78. The van der Waals surface area contributed by atoms with Crippen molar-refractivity contribution in [3.8, 4) is 10.9 Å². The van der Waals surface area contributed by atoms with Gasteiger partial charge in [0.05, 0.1) is 0 Å². The average molecular weight is 402 g/mol. The Labute approximate surface area is 172 Å². The maximum atomic E-state index is 12.3. The molecule has 0 aliphatic carbocycles. The van der Waals surface area contributed by atoms with Crippen LogP contribution < -0.4 is 10.1 Å². The Bertz CT molecular complexity index is 1070. The monoisotopic (exact) mass is 402 g/mol. The number of amides is 1. The third kappa shape index (κ3) is 5.24. The highest BCUT2D eigenvalue weighted by molar-refractivity contribution is 7.07. The van der Waals surface area contributed by atoms with Crippen molar-refractivity contribution in [2.75, 3.05) is 0 Å². The second-order valence-corrected chi connectivity index (χ2v) is 7.02. The molecule has 0 fully saturated rings. The van der Waals surface area contributed by atoms with Gasteiger partial charge in [-0.2, -0.15) is 9.36 Å². The molecule has 144 valence electrons. The van der Waals surface area contributed by atoms with Crippen LogP contribution in [-0.4, -0.2) is 20.2 Å². The number of rotatable bonds is 7. The van der Waals surface area contributed by atoms with E-state index in [9.17, 15) is 4.79 Å². The van der Waals surface area contributed by atoms with E-state index in [0.717, 1.165) is 17.0 Å². The van der Waals surface area contributed by atoms with Crippen LogP contribution in [0.2, 0.25) is 0 Å². The lowest BCUT2D eigenvalue weighted by Gasteiger charge is -2.06. The van der Waals surface area contributed by atoms with Crippen molar-refractivity contribution in [2.24, 2.45) is 0 Å². The number of nitrogens with zero attached hydrogens (tertiary/aromatic N) is 3. The van der Waals surface area contributed by atoms with Crippen molar-refractivity contribution >= 4 is 17.4 Å². The molecule has 0 unspecified atom stereocenters. The van der Waals surface area contributed by atoms with E-state index in [1.165, 1.54) is 11.5 Å². The summed E-state index contributed by atoms with van der Waals surface area (Å²) in [5.74, 6) is 1.18. The van der Waals surface area contributed by atoms with Gasteiger partial charge in [-0.1, -0.05) is 36.4 Å². The van der Waals surface area contributed by atoms with Gasteiger partial charge in [0, 0.05) is 42.5 Å². The molecule has 1 N–H and O–H groups in total. The lowest BCUT2D eigenvalue weighted by molar-refractivity contribution is 0.0951. The number of nitrogens with one attached hydrogen (secondary N) is 1. The highest BCUT2D eigenvalue weighted by Crippen LogP contribution is 2.24. The number of ether oxygens (including phenoxy) is 1. The fourth-order valence-electron chi connectivity index (χ4n) is 2.69. The first-order valence-corrected chi connectivity index (χ1v) is 9.85. The molecule has 0 aliphatic rings. The van der Waals surface area contributed by atoms with E-state index in [4.69, 9.17) is 4.74 Å². The van der Waals surface area contributed by atoms with E-state index >= 15 is 0 Å². The lowest BCUT2D eigenvalue weighted by Crippen LogP contribution is -2.22. The molecule has 4 aromatic rings. The summed E-state index contributed by atoms with van der Waals surface area (Å²) in [5, 5.41) is 3.35. The molecule has 2 aromatic carbocycles. The van der Waals surface area contributed by atoms with Gasteiger partial charge in [0.25, 0.3) is 11.1 Å². The molecule has 0 bridgehead atoms. The second kappa shape index (κ2) is 9.07. The summed E-state index contributed by atoms with van der Waals surface area (Å²) in [7, 11) is 0. The minimum atomic E-state index is -0.151. The van der Waals surface area contributed by atoms with Crippen LogP contribution in [0.3, 0.4) is 0 Å². The van der Waals surface area contributed by atoms with Gasteiger partial charge in [-0.3, -0.25) is 9.78 Å². The van der Waals surface area contributed by atoms with Gasteiger partial charge in [-0.05, 0) is 41.5 Å². The maximum Gasteiger partial charge on any atom is 0.298 e. The van der Waals surface area contributed by atoms with Gasteiger partial charge in [0.15, 0.2) is 5.82 Å². The number of pyridine rings is 1. The summed E-state index contributed by atoms with van der Waals surface area (Å²) < 4.78 is 10.1. The number of carbonyl (C=O) groups is 1. The van der Waals surface area contributed by atoms with Crippen LogP contribution in [0.15, 0.2) is 79.1 Å². The maximum absolute atomic E-state index is 12.3. The predicted octanol–water partition coefficient (Wildman–Crippen LogP) is 4.25. The zero-order valence-electron chi connectivity index (χ0n) is 15.5. The summed E-state index contributed by atoms with van der Waals surface area (Å²) in [4.78, 5) is 20.7. The molecule has 7 heteroatoms. The first-order valence-electron chi connectivity index (χ1n) is 9.08. The number of carbonyl (C=O) groups excluding carboxylic acids is 1. The Balaban J connectivity index is 1.33. The highest BCUT2D eigenvalue weighted by atomic mass is 32.1. The van der Waals surface area contributed by atoms with Gasteiger partial charge in [0.2, 0.25) is 0 Å². The van der Waals surface area contributed by atoms with Crippen LogP contribution in [0.4, 0.5) is 0 Å². The lowest BCUT2D eigenvalue weighted by atomic mass is 10.1. The van der Waals surface area contributed by atoms with E-state index < -0.39 is 0 Å². The molecule has 0 saturated carbocycles. The zero-order chi connectivity index (χ0) is 19.9. The molecule has 29 heavy (non-hydrogen) atoms. The summed E-state index contributed by atoms with van der Waals surface area (Å²) >= 11 is 1.21. The van der Waals surface area contributed by atoms with Crippen molar-refractivity contribution in [2.45, 2.75) is 13.0 Å². The molecule has 1 amide bonds. The summed E-state index contributed by atoms with van der Waals surface area (Å²) in [6.07, 6.45) is 4.09. The van der Waals surface area contributed by atoms with Crippen molar-refractivity contribution in [1.82, 2.24) is 19.7 Å². The summed E-state index contributed by atoms with van der Waals surface area (Å²) in [6, 6.07) is 20.7. The van der Waals surface area contributed by atoms with Gasteiger partial charge in [-0.25, -0.2) is 0 Å². The Kier molecular flexibility index (Phi) is 5.87. The summed E-state index contributed by atoms with van der Waals surface area (Å²) in [6.45, 7) is 0.430. The molecule has 0 spiro atoms. The zero-order valence-corrected chi connectivity index (χ0v) is 16.3. The van der Waals surface area contributed by atoms with E-state index in [2.05, 4.69) is 19.7 Å². The van der Waals surface area contributed by atoms with E-state index in [-0.39, 0.29) is 5.91 Å². The molecule has 0 radical (unpaired) electrons. The molecule has 0 saturated heterocycles. The van der Waals surface area contributed by atoms with Gasteiger partial charge < -0.3 is 10.1 Å². The minimum Gasteiger partial charge on any atom is -0.430 e. The van der Waals surface area contributed by atoms with Crippen molar-refractivity contribution in [3.05, 3.63) is 102 Å². The van der Waals surface area contributed by atoms with Crippen molar-refractivity contribution < 1.29 is 9.53 Å². The Morgan fingerprint density at radius 3 is 2.52 bits per heavy atom. The third-order valence-electron chi connectivity index (χ3n) is 4.15. The highest BCUT2D eigenvalue weighted by Gasteiger charge is 2.09. The Morgan fingerprint density at radius 2 is 1.76 bits per heavy atom. The number of hydrogen-bond acceptors (Lipinski definition) is 6. The van der Waals surface area contributed by atoms with Crippen LogP contribution in [-0.2, 0) is 13.0 Å². The van der Waals surface area contributed by atoms with Crippen LogP contribution in [0.25, 0.3) is 0 Å². The normalized spacial score (nSPS) is 10.5. The van der Waals surface area contributed by atoms with Gasteiger partial charge in [-0.15, -0.1) is 0 Å². The van der Waals surface area contributed by atoms with Crippen molar-refractivity contribution in [3.63, 3.8) is 0 Å². The molecule has 4 rings (SSSR count). The van der Waals surface area contributed by atoms with E-state index in [1.54, 1.807) is 36.7 Å². The number of aromatic nitrogens is 3. The quantitative estimate of drug-likeness (QED) is 0.500. The first-order chi connectivity index (χ1) is 14.3. The second-order valence-electron chi connectivity index (χ2n) is 6.31. The van der Waals surface area contributed by atoms with Crippen molar-refractivity contribution in [1.29, 1.82) is 0 Å². The molecule has 0 atom stereocenters. The number of benzene rings is 2. The summed E-state index contributed by atoms with van der Waals surface area (Å²) in [5.41, 5.74) is 2.66.